The molecule has 0 saturated heterocycles. The van der Waals surface area contributed by atoms with Crippen molar-refractivity contribution in [1.29, 1.82) is 0 Å². The van der Waals surface area contributed by atoms with Crippen molar-refractivity contribution in [3.05, 3.63) is 83.4 Å². The molecule has 126 valence electrons. The first-order valence-corrected chi connectivity index (χ1v) is 8.12. The van der Waals surface area contributed by atoms with E-state index in [4.69, 9.17) is 11.9 Å². The molecule has 0 aliphatic rings. The Bertz CT molecular complexity index is 916. The molecule has 0 heterocycles. The van der Waals surface area contributed by atoms with Gasteiger partial charge in [-0.2, -0.15) is 0 Å². The van der Waals surface area contributed by atoms with Crippen LogP contribution in [0.2, 0.25) is 0 Å². The lowest BCUT2D eigenvalue weighted by Crippen LogP contribution is -2.26. The van der Waals surface area contributed by atoms with E-state index in [0.29, 0.717) is 5.56 Å². The third kappa shape index (κ3) is 3.64. The highest BCUT2D eigenvalue weighted by molar-refractivity contribution is 6.15. The number of nitrogens with one attached hydrogen (secondary N) is 1. The van der Waals surface area contributed by atoms with Crippen molar-refractivity contribution in [2.24, 2.45) is 0 Å². The van der Waals surface area contributed by atoms with Crippen LogP contribution in [0.4, 0.5) is 0 Å². The zero-order valence-corrected chi connectivity index (χ0v) is 14.3. The molecule has 0 aromatic heterocycles. The number of hydrogen-bond acceptors (Lipinski definition) is 3. The second-order valence-corrected chi connectivity index (χ2v) is 5.86. The molecule has 0 radical (unpaired) electrons. The van der Waals surface area contributed by atoms with Crippen LogP contribution in [-0.4, -0.2) is 11.9 Å². The van der Waals surface area contributed by atoms with Crippen LogP contribution in [-0.2, 0) is 4.29 Å². The van der Waals surface area contributed by atoms with E-state index in [2.05, 4.69) is 9.61 Å². The fourth-order valence-electron chi connectivity index (χ4n) is 2.79. The van der Waals surface area contributed by atoms with Crippen LogP contribution in [0.15, 0.2) is 66.7 Å². The largest absolute Gasteiger partial charge is 0.356 e. The number of carbonyl (C=O) groups is 2. The van der Waals surface area contributed by atoms with Gasteiger partial charge in [0.05, 0.1) is 11.6 Å². The highest BCUT2D eigenvalue weighted by Crippen LogP contribution is 2.24. The highest BCUT2D eigenvalue weighted by Gasteiger charge is 2.14. The van der Waals surface area contributed by atoms with Crippen molar-refractivity contribution < 1.29 is 13.9 Å². The van der Waals surface area contributed by atoms with Gasteiger partial charge in [-0.1, -0.05) is 42.5 Å². The maximum atomic E-state index is 12.5. The maximum Gasteiger partial charge on any atom is 0.356 e. The average molecular weight is 354 g/mol. The van der Waals surface area contributed by atoms with E-state index < -0.39 is 5.97 Å². The zero-order valence-electron chi connectivity index (χ0n) is 13.5. The van der Waals surface area contributed by atoms with Gasteiger partial charge in [-0.25, -0.2) is 4.79 Å². The summed E-state index contributed by atoms with van der Waals surface area (Å²) in [6, 6.07) is 20.1. The lowest BCUT2D eigenvalue weighted by atomic mass is 9.99. The number of halogens is 1. The molecule has 0 aliphatic carbocycles. The molecule has 3 aromatic rings. The van der Waals surface area contributed by atoms with Crippen molar-refractivity contribution in [2.75, 3.05) is 0 Å². The minimum absolute atomic E-state index is 0.161. The predicted molar refractivity (Wildman–Crippen MR) is 97.5 cm³/mol. The van der Waals surface area contributed by atoms with E-state index >= 15 is 0 Å². The van der Waals surface area contributed by atoms with E-state index in [9.17, 15) is 9.59 Å². The summed E-state index contributed by atoms with van der Waals surface area (Å²) in [5.41, 5.74) is 1.79. The molecular weight excluding hydrogens is 338 g/mol. The number of fused-ring (bicyclic) bond motifs is 1. The van der Waals surface area contributed by atoms with Gasteiger partial charge >= 0.3 is 5.97 Å². The summed E-state index contributed by atoms with van der Waals surface area (Å²) in [6.07, 6.45) is 0. The van der Waals surface area contributed by atoms with Gasteiger partial charge in [-0.15, -0.1) is 0 Å². The molecule has 3 aromatic carbocycles. The number of carbonyl (C=O) groups excluding carboxylic acids is 2. The van der Waals surface area contributed by atoms with Gasteiger partial charge < -0.3 is 9.61 Å². The Morgan fingerprint density at radius 1 is 0.920 bits per heavy atom. The molecule has 1 unspecified atom stereocenters. The molecular formula is C20H16ClNO3. The topological polar surface area (TPSA) is 55.4 Å². The number of amides is 1. The molecule has 0 aliphatic heterocycles. The van der Waals surface area contributed by atoms with Crippen molar-refractivity contribution in [3.8, 4) is 0 Å². The third-order valence-corrected chi connectivity index (χ3v) is 4.23. The summed E-state index contributed by atoms with van der Waals surface area (Å²) < 4.78 is 4.13. The normalized spacial score (nSPS) is 11.8. The Morgan fingerprint density at radius 3 is 2.28 bits per heavy atom. The molecule has 0 bridgehead atoms. The molecule has 0 fully saturated rings. The molecule has 25 heavy (non-hydrogen) atoms. The van der Waals surface area contributed by atoms with Crippen LogP contribution < -0.4 is 5.32 Å². The van der Waals surface area contributed by atoms with Gasteiger partial charge in [-0.05, 0) is 47.5 Å². The summed E-state index contributed by atoms with van der Waals surface area (Å²) in [5, 5.41) is 5.23. The first-order chi connectivity index (χ1) is 12.1. The fourth-order valence-corrected chi connectivity index (χ4v) is 2.88. The van der Waals surface area contributed by atoms with Crippen LogP contribution in [0.3, 0.4) is 0 Å². The molecule has 3 rings (SSSR count). The van der Waals surface area contributed by atoms with Gasteiger partial charge in [-0.3, -0.25) is 4.79 Å². The molecule has 5 heteroatoms. The van der Waals surface area contributed by atoms with Crippen molar-refractivity contribution in [1.82, 2.24) is 5.32 Å². The van der Waals surface area contributed by atoms with E-state index in [1.54, 1.807) is 12.1 Å². The predicted octanol–water partition coefficient (Wildman–Crippen LogP) is 4.64. The third-order valence-electron chi connectivity index (χ3n) is 4.09. The van der Waals surface area contributed by atoms with E-state index in [1.807, 2.05) is 49.4 Å². The summed E-state index contributed by atoms with van der Waals surface area (Å²) in [4.78, 5) is 23.8. The molecule has 0 spiro atoms. The SMILES string of the molecule is CC(NC(=O)c1ccc(C(=O)OCl)cc1)c1cccc2ccccc12. The summed E-state index contributed by atoms with van der Waals surface area (Å²) in [6.45, 7) is 1.94. The Kier molecular flexibility index (Phi) is 5.00. The Balaban J connectivity index is 1.79. The highest BCUT2D eigenvalue weighted by atomic mass is 35.5. The molecule has 0 saturated carbocycles. The van der Waals surface area contributed by atoms with E-state index in [0.717, 1.165) is 16.3 Å². The van der Waals surface area contributed by atoms with Gasteiger partial charge in [0, 0.05) is 5.56 Å². The maximum absolute atomic E-state index is 12.5. The molecule has 1 N–H and O–H groups in total. The quantitative estimate of drug-likeness (QED) is 0.743. The second-order valence-electron chi connectivity index (χ2n) is 5.71. The fraction of sp³-hybridized carbons (Fsp3) is 0.100. The van der Waals surface area contributed by atoms with Crippen LogP contribution >= 0.6 is 11.9 Å². The standard InChI is InChI=1S/C20H16ClNO3/c1-13(17-8-4-6-14-5-2-3-7-18(14)17)22-19(23)15-9-11-16(12-10-15)20(24)25-21/h2-13H,1H3,(H,22,23). The number of hydrogen-bond donors (Lipinski definition) is 1. The van der Waals surface area contributed by atoms with Gasteiger partial charge in [0.25, 0.3) is 5.91 Å². The minimum Gasteiger partial charge on any atom is -0.345 e. The lowest BCUT2D eigenvalue weighted by molar-refractivity contribution is 0.0750. The van der Waals surface area contributed by atoms with Crippen LogP contribution in [0, 0.1) is 0 Å². The van der Waals surface area contributed by atoms with Crippen molar-refractivity contribution in [3.63, 3.8) is 0 Å². The van der Waals surface area contributed by atoms with E-state index in [-0.39, 0.29) is 17.5 Å². The minimum atomic E-state index is -0.655. The molecule has 4 nitrogen and oxygen atoms in total. The Labute approximate surface area is 150 Å². The van der Waals surface area contributed by atoms with Crippen LogP contribution in [0.5, 0.6) is 0 Å². The first-order valence-electron chi connectivity index (χ1n) is 7.81. The van der Waals surface area contributed by atoms with Gasteiger partial charge in [0.1, 0.15) is 11.9 Å². The average Bonchev–Trinajstić information content (AvgIpc) is 2.66. The lowest BCUT2D eigenvalue weighted by Gasteiger charge is -2.17. The van der Waals surface area contributed by atoms with E-state index in [1.165, 1.54) is 12.1 Å². The molecule has 1 amide bonds. The molecule has 1 atom stereocenters. The van der Waals surface area contributed by atoms with Crippen LogP contribution in [0.1, 0.15) is 39.2 Å². The van der Waals surface area contributed by atoms with Crippen molar-refractivity contribution >= 4 is 34.5 Å². The van der Waals surface area contributed by atoms with Gasteiger partial charge in [0.2, 0.25) is 0 Å². The monoisotopic (exact) mass is 353 g/mol. The first kappa shape index (κ1) is 17.0. The summed E-state index contributed by atoms with van der Waals surface area (Å²) in [7, 11) is 0. The summed E-state index contributed by atoms with van der Waals surface area (Å²) >= 11 is 5.04. The Hall–Kier alpha value is -2.85. The Morgan fingerprint density at radius 2 is 1.56 bits per heavy atom. The zero-order chi connectivity index (χ0) is 17.8. The summed E-state index contributed by atoms with van der Waals surface area (Å²) in [5.74, 6) is -0.871. The number of benzene rings is 3. The number of rotatable bonds is 4. The smallest absolute Gasteiger partial charge is 0.345 e. The second kappa shape index (κ2) is 7.36. The van der Waals surface area contributed by atoms with Gasteiger partial charge in [0.15, 0.2) is 0 Å². The van der Waals surface area contributed by atoms with Crippen LogP contribution in [0.25, 0.3) is 10.8 Å². The van der Waals surface area contributed by atoms with Crippen molar-refractivity contribution in [2.45, 2.75) is 13.0 Å².